The van der Waals surface area contributed by atoms with Gasteiger partial charge in [0.05, 0.1) is 0 Å². The van der Waals surface area contributed by atoms with Gasteiger partial charge in [0.1, 0.15) is 0 Å². The van der Waals surface area contributed by atoms with E-state index in [0.29, 0.717) is 0 Å². The van der Waals surface area contributed by atoms with Crippen LogP contribution < -0.4 is 3.07 Å². The quantitative estimate of drug-likeness (QED) is 0.648. The summed E-state index contributed by atoms with van der Waals surface area (Å²) in [6, 6.07) is 4.26. The predicted molar refractivity (Wildman–Crippen MR) is 33.3 cm³/mol. The van der Waals surface area contributed by atoms with E-state index in [0.717, 1.165) is 31.8 Å². The van der Waals surface area contributed by atoms with Crippen LogP contribution in [0.2, 0.25) is 0 Å². The van der Waals surface area contributed by atoms with Gasteiger partial charge in [0, 0.05) is 0 Å². The van der Waals surface area contributed by atoms with Crippen molar-refractivity contribution in [2.45, 2.75) is 13.8 Å². The molecule has 43 valence electrons. The van der Waals surface area contributed by atoms with Gasteiger partial charge in [-0.05, 0) is 0 Å². The van der Waals surface area contributed by atoms with E-state index in [2.05, 4.69) is 24.0 Å². The molecular weight excluding hydrogens is 299 g/mol. The van der Waals surface area contributed by atoms with Crippen molar-refractivity contribution in [2.75, 3.05) is 0 Å². The molecule has 9 heavy (non-hydrogen) atoms. The van der Waals surface area contributed by atoms with Gasteiger partial charge in [0.15, 0.2) is 0 Å². The maximum absolute atomic E-state index is 4.32. The van der Waals surface area contributed by atoms with Crippen LogP contribution in [0.1, 0.15) is 11.4 Å². The standard InChI is InChI=1S/C7H8N.Hg/c1-6-4-3-5-7(2)8-6;/h3-4H,1-2H3;. The van der Waals surface area contributed by atoms with Crippen molar-refractivity contribution in [2.24, 2.45) is 0 Å². The number of aryl methyl sites for hydroxylation is 2. The van der Waals surface area contributed by atoms with Gasteiger partial charge in [-0.1, -0.05) is 0 Å². The predicted octanol–water partition coefficient (Wildman–Crippen LogP) is 0.871. The summed E-state index contributed by atoms with van der Waals surface area (Å²) in [6.45, 7) is 4.11. The Morgan fingerprint density at radius 3 is 2.44 bits per heavy atom. The molecule has 1 nitrogen and oxygen atoms in total. The normalized spacial score (nSPS) is 9.78. The Balaban J connectivity index is 3.17. The first-order valence-electron chi connectivity index (χ1n) is 2.96. The Bertz CT molecular complexity index is 220. The fraction of sp³-hybridized carbons (Fsp3) is 0.286. The molecular formula is C7H8HgN. The van der Waals surface area contributed by atoms with Gasteiger partial charge in [-0.25, -0.2) is 0 Å². The van der Waals surface area contributed by atoms with E-state index in [1.165, 1.54) is 8.77 Å². The Hall–Kier alpha value is 0.0851. The second-order valence-electron chi connectivity index (χ2n) is 2.20. The van der Waals surface area contributed by atoms with Crippen LogP contribution in [0.4, 0.5) is 0 Å². The van der Waals surface area contributed by atoms with Crippen molar-refractivity contribution in [1.29, 1.82) is 0 Å². The molecule has 1 aromatic rings. The van der Waals surface area contributed by atoms with E-state index >= 15 is 0 Å². The number of aromatic nitrogens is 1. The van der Waals surface area contributed by atoms with Gasteiger partial charge >= 0.3 is 71.5 Å². The van der Waals surface area contributed by atoms with Crippen LogP contribution in [0.3, 0.4) is 0 Å². The summed E-state index contributed by atoms with van der Waals surface area (Å²) in [5.74, 6) is 0. The van der Waals surface area contributed by atoms with Crippen LogP contribution in [0.15, 0.2) is 12.1 Å². The van der Waals surface area contributed by atoms with Crippen molar-refractivity contribution < 1.29 is 26.1 Å². The topological polar surface area (TPSA) is 12.9 Å². The van der Waals surface area contributed by atoms with Gasteiger partial charge < -0.3 is 0 Å². The SMILES string of the molecule is Cc1cc[c]([Hg])c(C)n1. The average Bonchev–Trinajstić information content (AvgIpc) is 1.80. The van der Waals surface area contributed by atoms with E-state index in [-0.39, 0.29) is 0 Å². The molecule has 2 heteroatoms. The van der Waals surface area contributed by atoms with Crippen LogP contribution in [0.25, 0.3) is 0 Å². The molecule has 0 aliphatic rings. The zero-order chi connectivity index (χ0) is 6.85. The minimum absolute atomic E-state index is 0.728. The first kappa shape index (κ1) is 7.20. The Labute approximate surface area is 71.5 Å². The molecule has 0 saturated heterocycles. The number of hydrogen-bond acceptors (Lipinski definition) is 1. The van der Waals surface area contributed by atoms with Gasteiger partial charge in [-0.15, -0.1) is 0 Å². The third-order valence-electron chi connectivity index (χ3n) is 1.33. The summed E-state index contributed by atoms with van der Waals surface area (Å²) < 4.78 is 1.46. The van der Waals surface area contributed by atoms with Crippen molar-refractivity contribution in [1.82, 2.24) is 4.98 Å². The Morgan fingerprint density at radius 2 is 2.00 bits per heavy atom. The summed E-state index contributed by atoms with van der Waals surface area (Å²) in [6.07, 6.45) is 0. The van der Waals surface area contributed by atoms with Crippen LogP contribution in [-0.4, -0.2) is 4.98 Å². The zero-order valence-electron chi connectivity index (χ0n) is 5.81. The summed E-state index contributed by atoms with van der Waals surface area (Å²) in [5.41, 5.74) is 2.35. The van der Waals surface area contributed by atoms with Gasteiger partial charge in [0.25, 0.3) is 0 Å². The minimum atomic E-state index is 0.728. The summed E-state index contributed by atoms with van der Waals surface area (Å²) >= 11 is 0.728. The molecule has 0 saturated carbocycles. The third kappa shape index (κ3) is 1.75. The fourth-order valence-electron chi connectivity index (χ4n) is 0.715. The molecule has 1 aromatic heterocycles. The molecule has 0 radical (unpaired) electrons. The molecule has 0 unspecified atom stereocenters. The van der Waals surface area contributed by atoms with Crippen molar-refractivity contribution >= 4 is 3.07 Å². The molecule has 1 heterocycles. The van der Waals surface area contributed by atoms with Crippen LogP contribution >= 0.6 is 0 Å². The van der Waals surface area contributed by atoms with E-state index < -0.39 is 0 Å². The molecule has 0 aromatic carbocycles. The summed E-state index contributed by atoms with van der Waals surface area (Å²) in [5, 5.41) is 0. The first-order valence-corrected chi connectivity index (χ1v) is 5.71. The molecule has 0 aliphatic heterocycles. The number of pyridine rings is 1. The summed E-state index contributed by atoms with van der Waals surface area (Å²) in [7, 11) is 0. The van der Waals surface area contributed by atoms with E-state index in [1.54, 1.807) is 0 Å². The van der Waals surface area contributed by atoms with Crippen LogP contribution in [-0.2, 0) is 26.1 Å². The number of rotatable bonds is 0. The molecule has 0 bridgehead atoms. The monoisotopic (exact) mass is 308 g/mol. The molecule has 0 aliphatic carbocycles. The fourth-order valence-corrected chi connectivity index (χ4v) is 1.48. The maximum atomic E-state index is 4.32. The number of nitrogens with zero attached hydrogens (tertiary/aromatic N) is 1. The van der Waals surface area contributed by atoms with Crippen LogP contribution in [0, 0.1) is 13.8 Å². The third-order valence-corrected chi connectivity index (χ3v) is 4.24. The van der Waals surface area contributed by atoms with E-state index in [1.807, 2.05) is 6.92 Å². The zero-order valence-corrected chi connectivity index (χ0v) is 11.3. The second-order valence-corrected chi connectivity index (χ2v) is 5.16. The van der Waals surface area contributed by atoms with Crippen LogP contribution in [0.5, 0.6) is 0 Å². The Kier molecular flexibility index (Phi) is 2.22. The van der Waals surface area contributed by atoms with Crippen molar-refractivity contribution in [3.8, 4) is 0 Å². The molecule has 0 atom stereocenters. The molecule has 0 fully saturated rings. The molecule has 1 rings (SSSR count). The second kappa shape index (κ2) is 2.78. The molecule has 0 amide bonds. The first-order chi connectivity index (χ1) is 4.20. The van der Waals surface area contributed by atoms with Crippen molar-refractivity contribution in [3.63, 3.8) is 0 Å². The average molecular weight is 307 g/mol. The van der Waals surface area contributed by atoms with E-state index in [4.69, 9.17) is 0 Å². The van der Waals surface area contributed by atoms with E-state index in [9.17, 15) is 0 Å². The van der Waals surface area contributed by atoms with Gasteiger partial charge in [-0.3, -0.25) is 0 Å². The number of hydrogen-bond donors (Lipinski definition) is 0. The van der Waals surface area contributed by atoms with Gasteiger partial charge in [0.2, 0.25) is 0 Å². The molecule has 0 spiro atoms. The van der Waals surface area contributed by atoms with Crippen molar-refractivity contribution in [3.05, 3.63) is 23.5 Å². The van der Waals surface area contributed by atoms with Gasteiger partial charge in [-0.2, -0.15) is 0 Å². The summed E-state index contributed by atoms with van der Waals surface area (Å²) in [4.78, 5) is 4.32. The molecule has 0 N–H and O–H groups in total. The Morgan fingerprint density at radius 1 is 1.33 bits per heavy atom.